The summed E-state index contributed by atoms with van der Waals surface area (Å²) in [6, 6.07) is 16.4. The monoisotopic (exact) mass is 284 g/mol. The van der Waals surface area contributed by atoms with Crippen LogP contribution in [0.3, 0.4) is 0 Å². The summed E-state index contributed by atoms with van der Waals surface area (Å²) < 4.78 is 5.74. The lowest BCUT2D eigenvalue weighted by Gasteiger charge is -2.17. The van der Waals surface area contributed by atoms with Gasteiger partial charge in [-0.25, -0.2) is 0 Å². The first kappa shape index (κ1) is 15.4. The number of nitrogens with one attached hydrogen (secondary N) is 1. The molecule has 21 heavy (non-hydrogen) atoms. The highest BCUT2D eigenvalue weighted by atomic mass is 16.5. The van der Waals surface area contributed by atoms with Crippen LogP contribution in [0.25, 0.3) is 0 Å². The summed E-state index contributed by atoms with van der Waals surface area (Å²) in [5, 5.41) is 3.50. The van der Waals surface area contributed by atoms with Crippen molar-refractivity contribution in [3.05, 3.63) is 59.7 Å². The highest BCUT2D eigenvalue weighted by molar-refractivity contribution is 5.46. The molecule has 3 N–H and O–H groups in total. The molecule has 0 saturated carbocycles. The SMILES string of the molecule is CC(C)Oc1cccc(C(C)NCc2ccccc2N)c1. The van der Waals surface area contributed by atoms with E-state index in [-0.39, 0.29) is 12.1 Å². The van der Waals surface area contributed by atoms with Crippen LogP contribution in [0, 0.1) is 0 Å². The van der Waals surface area contributed by atoms with Gasteiger partial charge in [-0.15, -0.1) is 0 Å². The van der Waals surface area contributed by atoms with Crippen molar-refractivity contribution in [3.63, 3.8) is 0 Å². The Hall–Kier alpha value is -2.00. The van der Waals surface area contributed by atoms with Crippen LogP contribution in [0.4, 0.5) is 5.69 Å². The Balaban J connectivity index is 2.00. The van der Waals surface area contributed by atoms with Crippen LogP contribution in [0.15, 0.2) is 48.5 Å². The average molecular weight is 284 g/mol. The minimum atomic E-state index is 0.188. The van der Waals surface area contributed by atoms with Gasteiger partial charge in [0.1, 0.15) is 5.75 Å². The van der Waals surface area contributed by atoms with Gasteiger partial charge in [-0.05, 0) is 50.1 Å². The van der Waals surface area contributed by atoms with Gasteiger partial charge < -0.3 is 15.8 Å². The highest BCUT2D eigenvalue weighted by Crippen LogP contribution is 2.21. The van der Waals surface area contributed by atoms with Gasteiger partial charge in [0.25, 0.3) is 0 Å². The summed E-state index contributed by atoms with van der Waals surface area (Å²) in [6.45, 7) is 6.97. The van der Waals surface area contributed by atoms with Crippen LogP contribution in [0.2, 0.25) is 0 Å². The molecule has 1 atom stereocenters. The van der Waals surface area contributed by atoms with Crippen molar-refractivity contribution in [2.45, 2.75) is 39.5 Å². The van der Waals surface area contributed by atoms with Gasteiger partial charge in [-0.1, -0.05) is 30.3 Å². The third-order valence-electron chi connectivity index (χ3n) is 3.38. The molecule has 2 aromatic rings. The fraction of sp³-hybridized carbons (Fsp3) is 0.333. The van der Waals surface area contributed by atoms with Crippen LogP contribution in [-0.2, 0) is 6.54 Å². The number of hydrogen-bond donors (Lipinski definition) is 2. The van der Waals surface area contributed by atoms with Crippen molar-refractivity contribution in [2.24, 2.45) is 0 Å². The molecule has 0 spiro atoms. The Labute approximate surface area is 127 Å². The largest absolute Gasteiger partial charge is 0.491 e. The van der Waals surface area contributed by atoms with Gasteiger partial charge in [0.05, 0.1) is 6.10 Å². The molecule has 0 radical (unpaired) electrons. The topological polar surface area (TPSA) is 47.3 Å². The maximum absolute atomic E-state index is 5.96. The molecule has 0 aromatic heterocycles. The van der Waals surface area contributed by atoms with Crippen LogP contribution < -0.4 is 15.8 Å². The molecule has 0 aliphatic rings. The Morgan fingerprint density at radius 2 is 1.81 bits per heavy atom. The van der Waals surface area contributed by atoms with Gasteiger partial charge >= 0.3 is 0 Å². The van der Waals surface area contributed by atoms with E-state index >= 15 is 0 Å². The van der Waals surface area contributed by atoms with Crippen molar-refractivity contribution in [2.75, 3.05) is 5.73 Å². The zero-order valence-electron chi connectivity index (χ0n) is 13.0. The fourth-order valence-electron chi connectivity index (χ4n) is 2.21. The third-order valence-corrected chi connectivity index (χ3v) is 3.38. The van der Waals surface area contributed by atoms with E-state index in [1.165, 1.54) is 5.56 Å². The minimum absolute atomic E-state index is 0.188. The van der Waals surface area contributed by atoms with Crippen LogP contribution in [-0.4, -0.2) is 6.10 Å². The average Bonchev–Trinajstić information content (AvgIpc) is 2.45. The second-order valence-electron chi connectivity index (χ2n) is 5.54. The number of benzene rings is 2. The molecule has 112 valence electrons. The van der Waals surface area contributed by atoms with E-state index < -0.39 is 0 Å². The Morgan fingerprint density at radius 3 is 2.52 bits per heavy atom. The maximum atomic E-state index is 5.96. The van der Waals surface area contributed by atoms with Crippen molar-refractivity contribution in [3.8, 4) is 5.75 Å². The van der Waals surface area contributed by atoms with Crippen LogP contribution >= 0.6 is 0 Å². The van der Waals surface area contributed by atoms with E-state index in [0.717, 1.165) is 23.5 Å². The lowest BCUT2D eigenvalue weighted by atomic mass is 10.1. The predicted molar refractivity (Wildman–Crippen MR) is 88.3 cm³/mol. The zero-order chi connectivity index (χ0) is 15.2. The zero-order valence-corrected chi connectivity index (χ0v) is 13.0. The van der Waals surface area contributed by atoms with E-state index in [1.807, 2.05) is 50.2 Å². The molecule has 0 fully saturated rings. The van der Waals surface area contributed by atoms with E-state index in [1.54, 1.807) is 0 Å². The lowest BCUT2D eigenvalue weighted by Crippen LogP contribution is -2.19. The summed E-state index contributed by atoms with van der Waals surface area (Å²) in [4.78, 5) is 0. The van der Waals surface area contributed by atoms with Gasteiger partial charge in [0.2, 0.25) is 0 Å². The second-order valence-corrected chi connectivity index (χ2v) is 5.54. The number of rotatable bonds is 6. The summed E-state index contributed by atoms with van der Waals surface area (Å²) >= 11 is 0. The molecule has 0 amide bonds. The molecule has 3 nitrogen and oxygen atoms in total. The Kier molecular flexibility index (Phi) is 5.23. The standard InChI is InChI=1S/C18H24N2O/c1-13(2)21-17-9-6-8-15(11-17)14(3)20-12-16-7-4-5-10-18(16)19/h4-11,13-14,20H,12,19H2,1-3H3. The Morgan fingerprint density at radius 1 is 1.05 bits per heavy atom. The number of anilines is 1. The summed E-state index contributed by atoms with van der Waals surface area (Å²) in [6.07, 6.45) is 0.188. The molecule has 3 heteroatoms. The van der Waals surface area contributed by atoms with Crippen molar-refractivity contribution in [1.82, 2.24) is 5.32 Å². The molecule has 0 aliphatic carbocycles. The first-order valence-electron chi connectivity index (χ1n) is 7.39. The number of hydrogen-bond acceptors (Lipinski definition) is 3. The molecule has 2 rings (SSSR count). The summed E-state index contributed by atoms with van der Waals surface area (Å²) in [7, 11) is 0. The number of para-hydroxylation sites is 1. The van der Waals surface area contributed by atoms with Crippen LogP contribution in [0.1, 0.15) is 37.9 Å². The second kappa shape index (κ2) is 7.14. The Bertz CT molecular complexity index is 581. The number of ether oxygens (including phenoxy) is 1. The first-order chi connectivity index (χ1) is 10.1. The molecule has 0 heterocycles. The van der Waals surface area contributed by atoms with Crippen LogP contribution in [0.5, 0.6) is 5.75 Å². The molecule has 1 unspecified atom stereocenters. The normalized spacial score (nSPS) is 12.4. The van der Waals surface area contributed by atoms with Crippen molar-refractivity contribution >= 4 is 5.69 Å². The summed E-state index contributed by atoms with van der Waals surface area (Å²) in [5.41, 5.74) is 9.13. The van der Waals surface area contributed by atoms with Gasteiger partial charge in [-0.2, -0.15) is 0 Å². The summed E-state index contributed by atoms with van der Waals surface area (Å²) in [5.74, 6) is 0.912. The molecule has 0 aliphatic heterocycles. The molecule has 0 saturated heterocycles. The van der Waals surface area contributed by atoms with E-state index in [9.17, 15) is 0 Å². The molecular formula is C18H24N2O. The quantitative estimate of drug-likeness (QED) is 0.791. The molecule has 2 aromatic carbocycles. The van der Waals surface area contributed by atoms with Gasteiger partial charge in [0, 0.05) is 18.3 Å². The van der Waals surface area contributed by atoms with Crippen molar-refractivity contribution in [1.29, 1.82) is 0 Å². The predicted octanol–water partition coefficient (Wildman–Crippen LogP) is 3.91. The van der Waals surface area contributed by atoms with E-state index in [0.29, 0.717) is 0 Å². The van der Waals surface area contributed by atoms with Gasteiger partial charge in [0.15, 0.2) is 0 Å². The molecular weight excluding hydrogens is 260 g/mol. The van der Waals surface area contributed by atoms with Crippen molar-refractivity contribution < 1.29 is 4.74 Å². The van der Waals surface area contributed by atoms with E-state index in [2.05, 4.69) is 24.4 Å². The lowest BCUT2D eigenvalue weighted by molar-refractivity contribution is 0.242. The number of nitrogen functional groups attached to an aromatic ring is 1. The maximum Gasteiger partial charge on any atom is 0.120 e. The number of nitrogens with two attached hydrogens (primary N) is 1. The first-order valence-corrected chi connectivity index (χ1v) is 7.39. The van der Waals surface area contributed by atoms with Gasteiger partial charge in [-0.3, -0.25) is 0 Å². The smallest absolute Gasteiger partial charge is 0.120 e. The minimum Gasteiger partial charge on any atom is -0.491 e. The highest BCUT2D eigenvalue weighted by Gasteiger charge is 2.07. The third kappa shape index (κ3) is 4.50. The molecule has 0 bridgehead atoms. The fourth-order valence-corrected chi connectivity index (χ4v) is 2.21. The van der Waals surface area contributed by atoms with E-state index in [4.69, 9.17) is 10.5 Å².